The van der Waals surface area contributed by atoms with Crippen molar-refractivity contribution >= 4 is 29.2 Å². The monoisotopic (exact) mass is 462 g/mol. The standard InChI is InChI=1S/C20H24Cl2O8/c1-19(2)25-8-11(28-19)14-15(16-18(27-14)30-20(3,4)29-16)26-17(23)12-9(21)6-7-10(22)13(12)24-5/h6-7,11,14-16,18H,8H2,1-5H3/t11-,14-,15+,16-,18-/m1/s1. The molecular weight excluding hydrogens is 439 g/mol. The first-order valence-corrected chi connectivity index (χ1v) is 10.3. The summed E-state index contributed by atoms with van der Waals surface area (Å²) in [4.78, 5) is 13.1. The lowest BCUT2D eigenvalue weighted by molar-refractivity contribution is -0.232. The zero-order chi connectivity index (χ0) is 21.8. The topological polar surface area (TPSA) is 81.7 Å². The van der Waals surface area contributed by atoms with Crippen LogP contribution in [0.15, 0.2) is 12.1 Å². The molecule has 3 aliphatic rings. The van der Waals surface area contributed by atoms with E-state index < -0.39 is 48.2 Å². The average Bonchev–Trinajstić information content (AvgIpc) is 3.26. The lowest BCUT2D eigenvalue weighted by Crippen LogP contribution is -2.45. The van der Waals surface area contributed by atoms with Crippen LogP contribution in [-0.2, 0) is 28.4 Å². The Balaban J connectivity index is 1.62. The van der Waals surface area contributed by atoms with Crippen LogP contribution in [-0.4, -0.2) is 62.0 Å². The van der Waals surface area contributed by atoms with E-state index in [2.05, 4.69) is 0 Å². The van der Waals surface area contributed by atoms with Gasteiger partial charge in [-0.05, 0) is 39.8 Å². The largest absolute Gasteiger partial charge is 0.494 e. The predicted molar refractivity (Wildman–Crippen MR) is 106 cm³/mol. The predicted octanol–water partition coefficient (Wildman–Crippen LogP) is 3.56. The Labute approximate surface area is 184 Å². The molecule has 3 aliphatic heterocycles. The number of rotatable bonds is 4. The number of carbonyl (C=O) groups is 1. The van der Waals surface area contributed by atoms with Gasteiger partial charge in [-0.3, -0.25) is 0 Å². The van der Waals surface area contributed by atoms with Gasteiger partial charge in [0.25, 0.3) is 0 Å². The molecule has 3 heterocycles. The van der Waals surface area contributed by atoms with Crippen LogP contribution in [0.1, 0.15) is 38.1 Å². The molecule has 0 aliphatic carbocycles. The molecule has 166 valence electrons. The fourth-order valence-corrected chi connectivity index (χ4v) is 4.38. The summed E-state index contributed by atoms with van der Waals surface area (Å²) in [6.45, 7) is 7.40. The van der Waals surface area contributed by atoms with Gasteiger partial charge >= 0.3 is 5.97 Å². The van der Waals surface area contributed by atoms with Gasteiger partial charge in [-0.2, -0.15) is 0 Å². The van der Waals surface area contributed by atoms with E-state index in [0.717, 1.165) is 0 Å². The fourth-order valence-electron chi connectivity index (χ4n) is 3.92. The maximum absolute atomic E-state index is 13.1. The minimum atomic E-state index is -0.886. The lowest BCUT2D eigenvalue weighted by atomic mass is 10.1. The summed E-state index contributed by atoms with van der Waals surface area (Å²) in [6, 6.07) is 3.04. The number of fused-ring (bicyclic) bond motifs is 1. The van der Waals surface area contributed by atoms with E-state index in [0.29, 0.717) is 0 Å². The van der Waals surface area contributed by atoms with Crippen LogP contribution in [0, 0.1) is 0 Å². The number of carbonyl (C=O) groups excluding carboxylic acids is 1. The molecule has 8 nitrogen and oxygen atoms in total. The molecule has 0 bridgehead atoms. The van der Waals surface area contributed by atoms with Crippen molar-refractivity contribution in [1.82, 2.24) is 0 Å². The Morgan fingerprint density at radius 2 is 1.73 bits per heavy atom. The second kappa shape index (κ2) is 7.78. The number of halogens is 2. The molecule has 0 aromatic heterocycles. The van der Waals surface area contributed by atoms with Crippen LogP contribution in [0.25, 0.3) is 0 Å². The highest BCUT2D eigenvalue weighted by atomic mass is 35.5. The van der Waals surface area contributed by atoms with Gasteiger partial charge in [0.05, 0.1) is 23.8 Å². The molecule has 0 radical (unpaired) electrons. The van der Waals surface area contributed by atoms with E-state index in [1.54, 1.807) is 33.8 Å². The zero-order valence-electron chi connectivity index (χ0n) is 17.3. The Bertz CT molecular complexity index is 842. The molecule has 0 unspecified atom stereocenters. The van der Waals surface area contributed by atoms with Gasteiger partial charge in [-0.1, -0.05) is 23.2 Å². The lowest BCUT2D eigenvalue weighted by Gasteiger charge is -2.29. The van der Waals surface area contributed by atoms with Crippen molar-refractivity contribution in [3.05, 3.63) is 27.7 Å². The third kappa shape index (κ3) is 4.02. The second-order valence-corrected chi connectivity index (χ2v) is 9.06. The molecule has 3 saturated heterocycles. The van der Waals surface area contributed by atoms with Crippen molar-refractivity contribution in [2.45, 2.75) is 70.0 Å². The molecule has 0 N–H and O–H groups in total. The third-order valence-corrected chi connectivity index (χ3v) is 5.75. The highest BCUT2D eigenvalue weighted by Gasteiger charge is 2.60. The van der Waals surface area contributed by atoms with E-state index in [-0.39, 0.29) is 28.0 Å². The van der Waals surface area contributed by atoms with E-state index in [1.807, 2.05) is 0 Å². The van der Waals surface area contributed by atoms with Gasteiger partial charge < -0.3 is 33.2 Å². The first-order valence-electron chi connectivity index (χ1n) is 9.57. The van der Waals surface area contributed by atoms with Gasteiger partial charge in [-0.15, -0.1) is 0 Å². The summed E-state index contributed by atoms with van der Waals surface area (Å²) in [7, 11) is 1.40. The smallest absolute Gasteiger partial charge is 0.343 e. The maximum atomic E-state index is 13.1. The van der Waals surface area contributed by atoms with E-state index in [1.165, 1.54) is 13.2 Å². The SMILES string of the molecule is COc1c(Cl)ccc(Cl)c1C(=O)O[C@@H]1[C@H]2OC(C)(C)O[C@H]2O[C@@H]1[C@H]1COC(C)(C)O1. The van der Waals surface area contributed by atoms with Crippen molar-refractivity contribution < 1.29 is 38.0 Å². The van der Waals surface area contributed by atoms with Gasteiger partial charge in [-0.25, -0.2) is 4.79 Å². The van der Waals surface area contributed by atoms with Crippen molar-refractivity contribution in [2.24, 2.45) is 0 Å². The molecule has 1 aromatic rings. The van der Waals surface area contributed by atoms with Crippen LogP contribution in [0.5, 0.6) is 5.75 Å². The molecule has 10 heteroatoms. The van der Waals surface area contributed by atoms with Crippen molar-refractivity contribution in [1.29, 1.82) is 0 Å². The van der Waals surface area contributed by atoms with Crippen LogP contribution in [0.4, 0.5) is 0 Å². The van der Waals surface area contributed by atoms with Crippen molar-refractivity contribution in [3.8, 4) is 5.75 Å². The third-order valence-electron chi connectivity index (χ3n) is 5.13. The molecule has 0 amide bonds. The van der Waals surface area contributed by atoms with Crippen LogP contribution < -0.4 is 4.74 Å². The molecular formula is C20H24Cl2O8. The number of benzene rings is 1. The minimum absolute atomic E-state index is 0.0240. The Morgan fingerprint density at radius 3 is 2.37 bits per heavy atom. The van der Waals surface area contributed by atoms with Crippen LogP contribution in [0.2, 0.25) is 10.0 Å². The Kier molecular flexibility index (Phi) is 5.72. The van der Waals surface area contributed by atoms with Crippen LogP contribution in [0.3, 0.4) is 0 Å². The summed E-state index contributed by atoms with van der Waals surface area (Å²) < 4.78 is 40.5. The molecule has 0 spiro atoms. The summed E-state index contributed by atoms with van der Waals surface area (Å²) in [5, 5.41) is 0.389. The van der Waals surface area contributed by atoms with E-state index in [4.69, 9.17) is 56.4 Å². The zero-order valence-corrected chi connectivity index (χ0v) is 18.8. The quantitative estimate of drug-likeness (QED) is 0.628. The average molecular weight is 463 g/mol. The van der Waals surface area contributed by atoms with E-state index >= 15 is 0 Å². The van der Waals surface area contributed by atoms with E-state index in [9.17, 15) is 4.79 Å². The number of methoxy groups -OCH3 is 1. The summed E-state index contributed by atoms with van der Waals surface area (Å²) >= 11 is 12.4. The van der Waals surface area contributed by atoms with Gasteiger partial charge in [0, 0.05) is 0 Å². The molecule has 3 fully saturated rings. The molecule has 1 aromatic carbocycles. The first kappa shape index (κ1) is 22.1. The Morgan fingerprint density at radius 1 is 1.03 bits per heavy atom. The second-order valence-electron chi connectivity index (χ2n) is 8.24. The van der Waals surface area contributed by atoms with Gasteiger partial charge in [0.1, 0.15) is 17.8 Å². The van der Waals surface area contributed by atoms with Crippen molar-refractivity contribution in [3.63, 3.8) is 0 Å². The van der Waals surface area contributed by atoms with Crippen molar-refractivity contribution in [2.75, 3.05) is 13.7 Å². The summed E-state index contributed by atoms with van der Waals surface area (Å²) in [5.41, 5.74) is 0.0240. The molecule has 30 heavy (non-hydrogen) atoms. The maximum Gasteiger partial charge on any atom is 0.343 e. The fraction of sp³-hybridized carbons (Fsp3) is 0.650. The molecule has 5 atom stereocenters. The minimum Gasteiger partial charge on any atom is -0.494 e. The Hall–Kier alpha value is -1.13. The normalized spacial score (nSPS) is 34.0. The molecule has 4 rings (SSSR count). The van der Waals surface area contributed by atoms with Gasteiger partial charge in [0.15, 0.2) is 35.8 Å². The highest BCUT2D eigenvalue weighted by molar-refractivity contribution is 6.37. The number of hydrogen-bond donors (Lipinski definition) is 0. The first-order chi connectivity index (χ1) is 14.0. The molecule has 0 saturated carbocycles. The summed E-state index contributed by atoms with van der Waals surface area (Å²) in [6.07, 6.45) is -3.33. The number of ether oxygens (including phenoxy) is 7. The number of hydrogen-bond acceptors (Lipinski definition) is 8. The van der Waals surface area contributed by atoms with Crippen LogP contribution >= 0.6 is 23.2 Å². The van der Waals surface area contributed by atoms with Gasteiger partial charge in [0.2, 0.25) is 0 Å². The summed E-state index contributed by atoms with van der Waals surface area (Å²) in [5.74, 6) is -2.25. The highest BCUT2D eigenvalue weighted by Crippen LogP contribution is 2.43. The number of esters is 1.